The van der Waals surface area contributed by atoms with Gasteiger partial charge in [-0.25, -0.2) is 4.57 Å². The van der Waals surface area contributed by atoms with Gasteiger partial charge in [-0.05, 0) is 0 Å². The number of rotatable bonds is 0. The fraction of sp³-hybridized carbons (Fsp3) is 0. The van der Waals surface area contributed by atoms with Crippen molar-refractivity contribution in [2.24, 2.45) is 0 Å². The molecule has 0 unspecified atom stereocenters. The molecule has 0 heterocycles. The number of hydrogen-bond acceptors (Lipinski definition) is 1. The average Bonchev–Trinajstić information content (AvgIpc) is 0.722. The van der Waals surface area contributed by atoms with Gasteiger partial charge in [0.2, 0.25) is 0 Å². The molecule has 0 spiro atoms. The summed E-state index contributed by atoms with van der Waals surface area (Å²) < 4.78 is 8.88. The average molecular weight is 187 g/mol. The molecule has 1 radical (unpaired) electrons. The Morgan fingerprint density at radius 2 is 1.17 bits per heavy atom. The van der Waals surface area contributed by atoms with E-state index in [1.54, 1.807) is 0 Å². The van der Waals surface area contributed by atoms with E-state index >= 15 is 0 Å². The van der Waals surface area contributed by atoms with Gasteiger partial charge in [0.15, 0.2) is 0 Å². The van der Waals surface area contributed by atoms with Crippen LogP contribution in [0.25, 0.3) is 0 Å². The fourth-order valence-corrected chi connectivity index (χ4v) is 0. The van der Waals surface area contributed by atoms with E-state index in [0.29, 0.717) is 0 Å². The zero-order valence-electron chi connectivity index (χ0n) is 2.77. The van der Waals surface area contributed by atoms with E-state index < -0.39 is 7.82 Å². The van der Waals surface area contributed by atoms with E-state index in [0.717, 1.165) is 0 Å². The summed E-state index contributed by atoms with van der Waals surface area (Å²) in [4.78, 5) is 21.6. The number of hydrogen-bond donors (Lipinski definition) is 3. The molecule has 3 N–H and O–H groups in total. The van der Waals surface area contributed by atoms with Crippen molar-refractivity contribution in [3.8, 4) is 0 Å². The molecule has 0 aliphatic carbocycles. The second-order valence-electron chi connectivity index (χ2n) is 0.513. The van der Waals surface area contributed by atoms with Crippen LogP contribution >= 0.6 is 7.82 Å². The standard InChI is InChI=1S/H3O4P.Y/c1-5(2,3)4;/h(H3,1,2,3,4);. The molecule has 35 valence electrons. The topological polar surface area (TPSA) is 77.8 Å². The third-order valence-corrected chi connectivity index (χ3v) is 0. The van der Waals surface area contributed by atoms with Crippen LogP contribution < -0.4 is 0 Å². The third kappa shape index (κ3) is 62.8. The van der Waals surface area contributed by atoms with Crippen molar-refractivity contribution in [1.82, 2.24) is 0 Å². The predicted octanol–water partition coefficient (Wildman–Crippen LogP) is -0.931. The Morgan fingerprint density at radius 3 is 1.17 bits per heavy atom. The molecule has 0 saturated carbocycles. The van der Waals surface area contributed by atoms with Crippen LogP contribution in [0.5, 0.6) is 0 Å². The van der Waals surface area contributed by atoms with Crippen molar-refractivity contribution in [1.29, 1.82) is 0 Å². The van der Waals surface area contributed by atoms with Crippen LogP contribution in [0.15, 0.2) is 0 Å². The van der Waals surface area contributed by atoms with Crippen molar-refractivity contribution >= 4 is 7.82 Å². The molecular formula is H3O4PY. The minimum absolute atomic E-state index is 0. The quantitative estimate of drug-likeness (QED) is 0.428. The monoisotopic (exact) mass is 187 g/mol. The van der Waals surface area contributed by atoms with Gasteiger partial charge in [-0.2, -0.15) is 0 Å². The molecule has 6 heteroatoms. The first-order valence-corrected chi connectivity index (χ1v) is 2.35. The van der Waals surface area contributed by atoms with Crippen LogP contribution in [0.1, 0.15) is 0 Å². The molecule has 0 atom stereocenters. The predicted molar refractivity (Wildman–Crippen MR) is 14.3 cm³/mol. The van der Waals surface area contributed by atoms with Gasteiger partial charge in [0.1, 0.15) is 0 Å². The van der Waals surface area contributed by atoms with E-state index in [4.69, 9.17) is 19.2 Å². The Labute approximate surface area is 59.7 Å². The second-order valence-corrected chi connectivity index (χ2v) is 1.54. The maximum absolute atomic E-state index is 8.88. The third-order valence-electron chi connectivity index (χ3n) is 0. The second kappa shape index (κ2) is 3.25. The summed E-state index contributed by atoms with van der Waals surface area (Å²) in [5.41, 5.74) is 0. The molecule has 0 fully saturated rings. The minimum atomic E-state index is -4.64. The van der Waals surface area contributed by atoms with Crippen molar-refractivity contribution in [3.63, 3.8) is 0 Å². The normalized spacial score (nSPS) is 9.83. The van der Waals surface area contributed by atoms with Gasteiger partial charge < -0.3 is 14.7 Å². The molecule has 6 heavy (non-hydrogen) atoms. The Hall–Kier alpha value is 1.21. The van der Waals surface area contributed by atoms with Crippen LogP contribution in [-0.4, -0.2) is 14.7 Å². The van der Waals surface area contributed by atoms with Crippen LogP contribution in [-0.2, 0) is 37.3 Å². The molecule has 0 aromatic heterocycles. The summed E-state index contributed by atoms with van der Waals surface area (Å²) >= 11 is 0. The molecule has 0 amide bonds. The van der Waals surface area contributed by atoms with E-state index in [1.807, 2.05) is 0 Å². The first-order valence-electron chi connectivity index (χ1n) is 0.783. The Bertz CT molecular complexity index is 53.7. The van der Waals surface area contributed by atoms with E-state index in [9.17, 15) is 0 Å². The Balaban J connectivity index is 0. The maximum atomic E-state index is 8.88. The van der Waals surface area contributed by atoms with Crippen LogP contribution in [0.4, 0.5) is 0 Å². The minimum Gasteiger partial charge on any atom is -0.303 e. The SMILES string of the molecule is O=P(O)(O)O.[Y]. The van der Waals surface area contributed by atoms with Gasteiger partial charge in [0.05, 0.1) is 0 Å². The summed E-state index contributed by atoms with van der Waals surface area (Å²) in [7, 11) is -4.64. The van der Waals surface area contributed by atoms with Gasteiger partial charge in [0, 0.05) is 32.7 Å². The van der Waals surface area contributed by atoms with E-state index in [-0.39, 0.29) is 32.7 Å². The van der Waals surface area contributed by atoms with Crippen molar-refractivity contribution in [2.45, 2.75) is 0 Å². The molecule has 0 aliphatic rings. The van der Waals surface area contributed by atoms with Crippen LogP contribution in [0, 0.1) is 0 Å². The van der Waals surface area contributed by atoms with Crippen molar-refractivity contribution in [3.05, 3.63) is 0 Å². The van der Waals surface area contributed by atoms with Gasteiger partial charge in [0.25, 0.3) is 0 Å². The Morgan fingerprint density at radius 1 is 1.17 bits per heavy atom. The van der Waals surface area contributed by atoms with Gasteiger partial charge in [-0.3, -0.25) is 0 Å². The summed E-state index contributed by atoms with van der Waals surface area (Å²) in [6, 6.07) is 0. The van der Waals surface area contributed by atoms with E-state index in [2.05, 4.69) is 0 Å². The summed E-state index contributed by atoms with van der Waals surface area (Å²) in [6.45, 7) is 0. The van der Waals surface area contributed by atoms with E-state index in [1.165, 1.54) is 0 Å². The summed E-state index contributed by atoms with van der Waals surface area (Å²) in [5, 5.41) is 0. The summed E-state index contributed by atoms with van der Waals surface area (Å²) in [5.74, 6) is 0. The smallest absolute Gasteiger partial charge is 0.303 e. The van der Waals surface area contributed by atoms with Gasteiger partial charge in [-0.1, -0.05) is 0 Å². The van der Waals surface area contributed by atoms with Gasteiger partial charge >= 0.3 is 7.82 Å². The van der Waals surface area contributed by atoms with Crippen LogP contribution in [0.3, 0.4) is 0 Å². The first kappa shape index (κ1) is 10.2. The molecule has 4 nitrogen and oxygen atoms in total. The molecule has 0 aromatic rings. The molecule has 0 bridgehead atoms. The fourth-order valence-electron chi connectivity index (χ4n) is 0. The number of phosphoric acid groups is 1. The van der Waals surface area contributed by atoms with Crippen molar-refractivity contribution in [2.75, 3.05) is 0 Å². The Kier molecular flexibility index (Phi) is 5.54. The first-order chi connectivity index (χ1) is 2.00. The molecular weight excluding hydrogens is 184 g/mol. The molecule has 0 saturated heterocycles. The summed E-state index contributed by atoms with van der Waals surface area (Å²) in [6.07, 6.45) is 0. The zero-order valence-corrected chi connectivity index (χ0v) is 6.51. The maximum Gasteiger partial charge on any atom is 0.466 e. The molecule has 0 aromatic carbocycles. The van der Waals surface area contributed by atoms with Gasteiger partial charge in [-0.15, -0.1) is 0 Å². The largest absolute Gasteiger partial charge is 0.466 e. The van der Waals surface area contributed by atoms with Crippen LogP contribution in [0.2, 0.25) is 0 Å². The van der Waals surface area contributed by atoms with Crippen molar-refractivity contribution < 1.29 is 52.0 Å². The molecule has 0 rings (SSSR count). The molecule has 0 aliphatic heterocycles. The zero-order chi connectivity index (χ0) is 4.50.